The number of hydrogen-bond donors (Lipinski definition) is 1. The van der Waals surface area contributed by atoms with E-state index in [0.29, 0.717) is 12.1 Å². The summed E-state index contributed by atoms with van der Waals surface area (Å²) in [6.45, 7) is 6.07. The van der Waals surface area contributed by atoms with Crippen LogP contribution in [-0.4, -0.2) is 62.0 Å². The van der Waals surface area contributed by atoms with Gasteiger partial charge in [-0.1, -0.05) is 6.92 Å². The highest BCUT2D eigenvalue weighted by atomic mass is 16.2. The maximum absolute atomic E-state index is 12.2. The summed E-state index contributed by atoms with van der Waals surface area (Å²) < 4.78 is 0. The van der Waals surface area contributed by atoms with Crippen LogP contribution in [0.25, 0.3) is 0 Å². The van der Waals surface area contributed by atoms with Gasteiger partial charge in [-0.2, -0.15) is 0 Å². The van der Waals surface area contributed by atoms with E-state index in [9.17, 15) is 4.79 Å². The SMILES string of the molecule is CNCC(C)C(=O)N(C)C1CCN(C)C(C)C1. The summed E-state index contributed by atoms with van der Waals surface area (Å²) in [5.74, 6) is 0.334. The molecule has 1 amide bonds. The molecule has 0 aliphatic carbocycles. The molecule has 0 bridgehead atoms. The maximum Gasteiger partial charge on any atom is 0.226 e. The number of carbonyl (C=O) groups excluding carboxylic acids is 1. The lowest BCUT2D eigenvalue weighted by Crippen LogP contribution is -2.49. The number of amides is 1. The van der Waals surface area contributed by atoms with E-state index in [4.69, 9.17) is 0 Å². The molecule has 1 aliphatic rings. The molecule has 1 fully saturated rings. The fourth-order valence-electron chi connectivity index (χ4n) is 2.54. The minimum Gasteiger partial charge on any atom is -0.342 e. The van der Waals surface area contributed by atoms with Gasteiger partial charge in [-0.15, -0.1) is 0 Å². The quantitative estimate of drug-likeness (QED) is 0.790. The Morgan fingerprint density at radius 2 is 2.24 bits per heavy atom. The van der Waals surface area contributed by atoms with Crippen molar-refractivity contribution in [3.8, 4) is 0 Å². The minimum absolute atomic E-state index is 0.0694. The second-order valence-electron chi connectivity index (χ2n) is 5.42. The number of nitrogens with zero attached hydrogens (tertiary/aromatic N) is 2. The van der Waals surface area contributed by atoms with Crippen molar-refractivity contribution in [1.29, 1.82) is 0 Å². The van der Waals surface area contributed by atoms with Crippen LogP contribution < -0.4 is 5.32 Å². The number of rotatable bonds is 4. The van der Waals surface area contributed by atoms with E-state index in [1.165, 1.54) is 0 Å². The first-order valence-corrected chi connectivity index (χ1v) is 6.58. The first-order chi connectivity index (χ1) is 7.97. The zero-order valence-corrected chi connectivity index (χ0v) is 11.9. The lowest BCUT2D eigenvalue weighted by Gasteiger charge is -2.40. The standard InChI is InChI=1S/C13H27N3O/c1-10(9-14-3)13(17)16(5)12-6-7-15(4)11(2)8-12/h10-12,14H,6-9H2,1-5H3. The Morgan fingerprint density at radius 3 is 2.76 bits per heavy atom. The van der Waals surface area contributed by atoms with Crippen molar-refractivity contribution in [3.63, 3.8) is 0 Å². The summed E-state index contributed by atoms with van der Waals surface area (Å²) in [5, 5.41) is 3.07. The summed E-state index contributed by atoms with van der Waals surface area (Å²) in [4.78, 5) is 16.5. The number of likely N-dealkylation sites (tertiary alicyclic amines) is 1. The zero-order chi connectivity index (χ0) is 13.0. The van der Waals surface area contributed by atoms with Crippen molar-refractivity contribution in [2.75, 3.05) is 34.2 Å². The Kier molecular flexibility index (Phi) is 5.40. The number of piperidine rings is 1. The highest BCUT2D eigenvalue weighted by Crippen LogP contribution is 2.20. The molecular formula is C13H27N3O. The smallest absolute Gasteiger partial charge is 0.226 e. The predicted molar refractivity (Wildman–Crippen MR) is 71.0 cm³/mol. The van der Waals surface area contributed by atoms with Crippen LogP contribution in [0.2, 0.25) is 0 Å². The molecule has 1 rings (SSSR count). The zero-order valence-electron chi connectivity index (χ0n) is 11.9. The van der Waals surface area contributed by atoms with Gasteiger partial charge in [0.05, 0.1) is 0 Å². The molecule has 1 heterocycles. The molecule has 0 saturated carbocycles. The summed E-state index contributed by atoms with van der Waals surface area (Å²) in [5.41, 5.74) is 0. The van der Waals surface area contributed by atoms with Crippen LogP contribution in [0.4, 0.5) is 0 Å². The van der Waals surface area contributed by atoms with Crippen LogP contribution >= 0.6 is 0 Å². The molecule has 4 heteroatoms. The lowest BCUT2D eigenvalue weighted by atomic mass is 9.96. The molecule has 100 valence electrons. The number of hydrogen-bond acceptors (Lipinski definition) is 3. The van der Waals surface area contributed by atoms with E-state index in [1.54, 1.807) is 0 Å². The topological polar surface area (TPSA) is 35.6 Å². The number of nitrogens with one attached hydrogen (secondary N) is 1. The Hall–Kier alpha value is -0.610. The van der Waals surface area contributed by atoms with Crippen molar-refractivity contribution in [2.45, 2.75) is 38.8 Å². The highest BCUT2D eigenvalue weighted by molar-refractivity contribution is 5.78. The Balaban J connectivity index is 2.52. The van der Waals surface area contributed by atoms with Crippen LogP contribution in [0, 0.1) is 5.92 Å². The third-order valence-corrected chi connectivity index (χ3v) is 4.01. The molecule has 3 atom stereocenters. The van der Waals surface area contributed by atoms with Gasteiger partial charge < -0.3 is 15.1 Å². The molecule has 3 unspecified atom stereocenters. The first kappa shape index (κ1) is 14.5. The minimum atomic E-state index is 0.0694. The van der Waals surface area contributed by atoms with E-state index >= 15 is 0 Å². The molecule has 1 N–H and O–H groups in total. The van der Waals surface area contributed by atoms with Gasteiger partial charge in [0.25, 0.3) is 0 Å². The second kappa shape index (κ2) is 6.36. The van der Waals surface area contributed by atoms with Crippen LogP contribution in [0.1, 0.15) is 26.7 Å². The Morgan fingerprint density at radius 1 is 1.59 bits per heavy atom. The van der Waals surface area contributed by atoms with Gasteiger partial charge in [0.1, 0.15) is 0 Å². The maximum atomic E-state index is 12.2. The summed E-state index contributed by atoms with van der Waals surface area (Å²) in [7, 11) is 6.00. The lowest BCUT2D eigenvalue weighted by molar-refractivity contribution is -0.136. The third-order valence-electron chi connectivity index (χ3n) is 4.01. The van der Waals surface area contributed by atoms with E-state index in [-0.39, 0.29) is 11.8 Å². The van der Waals surface area contributed by atoms with Crippen molar-refractivity contribution >= 4 is 5.91 Å². The highest BCUT2D eigenvalue weighted by Gasteiger charge is 2.29. The van der Waals surface area contributed by atoms with Crippen LogP contribution in [0.15, 0.2) is 0 Å². The fraction of sp³-hybridized carbons (Fsp3) is 0.923. The average molecular weight is 241 g/mol. The summed E-state index contributed by atoms with van der Waals surface area (Å²) in [6, 6.07) is 0.983. The normalized spacial score (nSPS) is 27.8. The van der Waals surface area contributed by atoms with Gasteiger partial charge in [0.2, 0.25) is 5.91 Å². The van der Waals surface area contributed by atoms with Gasteiger partial charge in [0.15, 0.2) is 0 Å². The largest absolute Gasteiger partial charge is 0.342 e. The molecule has 0 aromatic heterocycles. The molecule has 0 radical (unpaired) electrons. The van der Waals surface area contributed by atoms with E-state index in [2.05, 4.69) is 24.2 Å². The van der Waals surface area contributed by atoms with Gasteiger partial charge >= 0.3 is 0 Å². The van der Waals surface area contributed by atoms with E-state index < -0.39 is 0 Å². The average Bonchev–Trinajstić information content (AvgIpc) is 2.31. The van der Waals surface area contributed by atoms with Crippen LogP contribution in [0.5, 0.6) is 0 Å². The van der Waals surface area contributed by atoms with Crippen molar-refractivity contribution < 1.29 is 4.79 Å². The van der Waals surface area contributed by atoms with E-state index in [1.807, 2.05) is 25.9 Å². The van der Waals surface area contributed by atoms with Crippen LogP contribution in [0.3, 0.4) is 0 Å². The molecule has 17 heavy (non-hydrogen) atoms. The fourth-order valence-corrected chi connectivity index (χ4v) is 2.54. The van der Waals surface area contributed by atoms with Crippen molar-refractivity contribution in [2.24, 2.45) is 5.92 Å². The van der Waals surface area contributed by atoms with Crippen LogP contribution in [-0.2, 0) is 4.79 Å². The Labute approximate surface area is 105 Å². The van der Waals surface area contributed by atoms with Crippen molar-refractivity contribution in [1.82, 2.24) is 15.1 Å². The molecular weight excluding hydrogens is 214 g/mol. The van der Waals surface area contributed by atoms with Gasteiger partial charge in [0, 0.05) is 38.1 Å². The van der Waals surface area contributed by atoms with Gasteiger partial charge in [-0.3, -0.25) is 4.79 Å². The van der Waals surface area contributed by atoms with Gasteiger partial charge in [-0.05, 0) is 33.9 Å². The van der Waals surface area contributed by atoms with Crippen molar-refractivity contribution in [3.05, 3.63) is 0 Å². The second-order valence-corrected chi connectivity index (χ2v) is 5.42. The van der Waals surface area contributed by atoms with Gasteiger partial charge in [-0.25, -0.2) is 0 Å². The van der Waals surface area contributed by atoms with E-state index in [0.717, 1.165) is 25.9 Å². The summed E-state index contributed by atoms with van der Waals surface area (Å²) in [6.07, 6.45) is 2.18. The Bertz CT molecular complexity index is 257. The molecule has 1 saturated heterocycles. The molecule has 1 aliphatic heterocycles. The molecule has 4 nitrogen and oxygen atoms in total. The molecule has 0 spiro atoms. The first-order valence-electron chi connectivity index (χ1n) is 6.58. The molecule has 0 aromatic rings. The predicted octanol–water partition coefficient (Wildman–Crippen LogP) is 0.783. The number of carbonyl (C=O) groups is 1. The monoisotopic (exact) mass is 241 g/mol. The summed E-state index contributed by atoms with van der Waals surface area (Å²) >= 11 is 0. The third kappa shape index (κ3) is 3.68. The molecule has 0 aromatic carbocycles.